The van der Waals surface area contributed by atoms with E-state index < -0.39 is 0 Å². The van der Waals surface area contributed by atoms with Gasteiger partial charge in [-0.15, -0.1) is 0 Å². The first-order valence-corrected chi connectivity index (χ1v) is 11.0. The fourth-order valence-electron chi connectivity index (χ4n) is 4.80. The average molecular weight is 413 g/mol. The molecule has 2 N–H and O–H groups in total. The number of H-pyrrole nitrogens is 2. The van der Waals surface area contributed by atoms with Crippen molar-refractivity contribution in [1.29, 1.82) is 0 Å². The SMILES string of the molecule is Cc1ccc2[nH]c(-c3[nH]c4ccc(C)cc4c3-c3ccccc3)c(-c3ccccc3)c2c1. The maximum Gasteiger partial charge on any atom is 0.0716 e. The standard InChI is InChI=1S/C30H24N2/c1-19-13-15-25-23(17-19)27(21-9-5-3-6-10-21)29(31-25)30-28(22-11-7-4-8-12-22)24-18-20(2)14-16-26(24)32-30/h3-18,31-32H,1-2H3. The van der Waals surface area contributed by atoms with E-state index in [1.165, 1.54) is 44.2 Å². The van der Waals surface area contributed by atoms with Crippen molar-refractivity contribution in [3.8, 4) is 33.6 Å². The fraction of sp³-hybridized carbons (Fsp3) is 0.0667. The lowest BCUT2D eigenvalue weighted by Crippen LogP contribution is -1.86. The third-order valence-corrected chi connectivity index (χ3v) is 6.28. The van der Waals surface area contributed by atoms with Crippen LogP contribution in [-0.2, 0) is 0 Å². The smallest absolute Gasteiger partial charge is 0.0716 e. The zero-order valence-corrected chi connectivity index (χ0v) is 18.2. The van der Waals surface area contributed by atoms with Crippen LogP contribution in [0.5, 0.6) is 0 Å². The van der Waals surface area contributed by atoms with Gasteiger partial charge in [-0.05, 0) is 49.2 Å². The summed E-state index contributed by atoms with van der Waals surface area (Å²) in [6.07, 6.45) is 0. The third kappa shape index (κ3) is 2.96. The van der Waals surface area contributed by atoms with Crippen molar-refractivity contribution < 1.29 is 0 Å². The van der Waals surface area contributed by atoms with Crippen LogP contribution in [0.3, 0.4) is 0 Å². The van der Waals surface area contributed by atoms with Gasteiger partial charge in [-0.2, -0.15) is 0 Å². The summed E-state index contributed by atoms with van der Waals surface area (Å²) in [5, 5.41) is 2.50. The van der Waals surface area contributed by atoms with E-state index in [0.717, 1.165) is 22.4 Å². The average Bonchev–Trinajstić information content (AvgIpc) is 3.38. The molecular formula is C30H24N2. The number of fused-ring (bicyclic) bond motifs is 2. The molecule has 2 heterocycles. The van der Waals surface area contributed by atoms with Crippen molar-refractivity contribution in [3.63, 3.8) is 0 Å². The molecule has 0 saturated carbocycles. The lowest BCUT2D eigenvalue weighted by atomic mass is 9.95. The summed E-state index contributed by atoms with van der Waals surface area (Å²) in [4.78, 5) is 7.52. The van der Waals surface area contributed by atoms with E-state index in [-0.39, 0.29) is 0 Å². The van der Waals surface area contributed by atoms with E-state index in [2.05, 4.69) is 121 Å². The minimum Gasteiger partial charge on any atom is -0.353 e. The van der Waals surface area contributed by atoms with Crippen molar-refractivity contribution in [3.05, 3.63) is 108 Å². The monoisotopic (exact) mass is 412 g/mol. The van der Waals surface area contributed by atoms with Crippen LogP contribution in [0.15, 0.2) is 97.1 Å². The molecule has 2 aromatic heterocycles. The number of rotatable bonds is 3. The Labute approximate surface area is 187 Å². The molecule has 0 bridgehead atoms. The molecule has 2 heteroatoms. The van der Waals surface area contributed by atoms with Crippen molar-refractivity contribution in [2.75, 3.05) is 0 Å². The van der Waals surface area contributed by atoms with Crippen LogP contribution in [0.2, 0.25) is 0 Å². The molecule has 2 nitrogen and oxygen atoms in total. The highest BCUT2D eigenvalue weighted by molar-refractivity contribution is 6.10. The summed E-state index contributed by atoms with van der Waals surface area (Å²) in [7, 11) is 0. The van der Waals surface area contributed by atoms with E-state index in [1.54, 1.807) is 0 Å². The summed E-state index contributed by atoms with van der Waals surface area (Å²) in [6.45, 7) is 4.31. The van der Waals surface area contributed by atoms with Gasteiger partial charge >= 0.3 is 0 Å². The van der Waals surface area contributed by atoms with Crippen LogP contribution in [0.1, 0.15) is 11.1 Å². The number of aryl methyl sites for hydroxylation is 2. The first-order valence-electron chi connectivity index (χ1n) is 11.0. The van der Waals surface area contributed by atoms with Crippen molar-refractivity contribution >= 4 is 21.8 Å². The second-order valence-corrected chi connectivity index (χ2v) is 8.58. The zero-order valence-electron chi connectivity index (χ0n) is 18.2. The van der Waals surface area contributed by atoms with Crippen molar-refractivity contribution in [1.82, 2.24) is 9.97 Å². The van der Waals surface area contributed by atoms with Gasteiger partial charge in [-0.25, -0.2) is 0 Å². The minimum absolute atomic E-state index is 1.13. The number of aromatic amines is 2. The second-order valence-electron chi connectivity index (χ2n) is 8.58. The van der Waals surface area contributed by atoms with Crippen LogP contribution < -0.4 is 0 Å². The van der Waals surface area contributed by atoms with Gasteiger partial charge in [0.2, 0.25) is 0 Å². The lowest BCUT2D eigenvalue weighted by molar-refractivity contribution is 1.37. The normalized spacial score (nSPS) is 11.4. The molecule has 4 aromatic carbocycles. The maximum atomic E-state index is 3.76. The Morgan fingerprint density at radius 2 is 0.875 bits per heavy atom. The van der Waals surface area contributed by atoms with Gasteiger partial charge in [0.25, 0.3) is 0 Å². The van der Waals surface area contributed by atoms with Crippen LogP contribution in [0.4, 0.5) is 0 Å². The van der Waals surface area contributed by atoms with E-state index in [9.17, 15) is 0 Å². The first kappa shape index (κ1) is 18.7. The molecule has 6 rings (SSSR count). The molecule has 0 saturated heterocycles. The Bertz CT molecular complexity index is 1450. The van der Waals surface area contributed by atoms with E-state index in [4.69, 9.17) is 0 Å². The number of aromatic nitrogens is 2. The van der Waals surface area contributed by atoms with Crippen LogP contribution in [-0.4, -0.2) is 9.97 Å². The Morgan fingerprint density at radius 1 is 0.469 bits per heavy atom. The Morgan fingerprint density at radius 3 is 1.28 bits per heavy atom. The molecule has 0 aliphatic heterocycles. The number of hydrogen-bond acceptors (Lipinski definition) is 0. The lowest BCUT2D eigenvalue weighted by Gasteiger charge is -2.08. The van der Waals surface area contributed by atoms with E-state index >= 15 is 0 Å². The molecule has 0 aliphatic carbocycles. The number of hydrogen-bond donors (Lipinski definition) is 2. The molecule has 154 valence electrons. The van der Waals surface area contributed by atoms with Gasteiger partial charge in [0.1, 0.15) is 0 Å². The highest BCUT2D eigenvalue weighted by atomic mass is 14.8. The van der Waals surface area contributed by atoms with Crippen molar-refractivity contribution in [2.45, 2.75) is 13.8 Å². The summed E-state index contributed by atoms with van der Waals surface area (Å²) in [5.74, 6) is 0. The van der Waals surface area contributed by atoms with Gasteiger partial charge in [-0.1, -0.05) is 83.9 Å². The maximum absolute atomic E-state index is 3.76. The van der Waals surface area contributed by atoms with Gasteiger partial charge in [0, 0.05) is 32.9 Å². The predicted molar refractivity (Wildman–Crippen MR) is 136 cm³/mol. The zero-order chi connectivity index (χ0) is 21.7. The molecular weight excluding hydrogens is 388 g/mol. The van der Waals surface area contributed by atoms with Crippen LogP contribution in [0, 0.1) is 13.8 Å². The quantitative estimate of drug-likeness (QED) is 0.293. The Kier molecular flexibility index (Phi) is 4.26. The van der Waals surface area contributed by atoms with Gasteiger partial charge in [0.05, 0.1) is 11.4 Å². The Balaban J connectivity index is 1.75. The molecule has 0 unspecified atom stereocenters. The first-order chi connectivity index (χ1) is 15.7. The van der Waals surface area contributed by atoms with Crippen molar-refractivity contribution in [2.24, 2.45) is 0 Å². The van der Waals surface area contributed by atoms with Gasteiger partial charge in [0.15, 0.2) is 0 Å². The summed E-state index contributed by atoms with van der Waals surface area (Å²) >= 11 is 0. The van der Waals surface area contributed by atoms with E-state index in [0.29, 0.717) is 0 Å². The molecule has 0 radical (unpaired) electrons. The minimum atomic E-state index is 1.13. The largest absolute Gasteiger partial charge is 0.353 e. The molecule has 0 amide bonds. The molecule has 32 heavy (non-hydrogen) atoms. The van der Waals surface area contributed by atoms with Crippen LogP contribution >= 0.6 is 0 Å². The van der Waals surface area contributed by atoms with E-state index in [1.807, 2.05) is 0 Å². The summed E-state index contributed by atoms with van der Waals surface area (Å²) in [5.41, 5.74) is 12.0. The second kappa shape index (κ2) is 7.28. The van der Waals surface area contributed by atoms with Gasteiger partial charge < -0.3 is 9.97 Å². The van der Waals surface area contributed by atoms with Crippen LogP contribution in [0.25, 0.3) is 55.4 Å². The highest BCUT2D eigenvalue weighted by Crippen LogP contribution is 2.44. The number of nitrogens with one attached hydrogen (secondary N) is 2. The van der Waals surface area contributed by atoms with Gasteiger partial charge in [-0.3, -0.25) is 0 Å². The number of benzene rings is 4. The predicted octanol–water partition coefficient (Wildman–Crippen LogP) is 8.27. The molecule has 0 fully saturated rings. The molecule has 6 aromatic rings. The summed E-state index contributed by atoms with van der Waals surface area (Å²) in [6, 6.07) is 34.7. The Hall–Kier alpha value is -4.04. The molecule has 0 aliphatic rings. The third-order valence-electron chi connectivity index (χ3n) is 6.28. The highest BCUT2D eigenvalue weighted by Gasteiger charge is 2.22. The fourth-order valence-corrected chi connectivity index (χ4v) is 4.80. The molecule has 0 atom stereocenters. The summed E-state index contributed by atoms with van der Waals surface area (Å²) < 4.78 is 0. The topological polar surface area (TPSA) is 31.6 Å². The molecule has 0 spiro atoms.